The Hall–Kier alpha value is -0.641. The molecule has 1 aromatic rings. The van der Waals surface area contributed by atoms with Crippen molar-refractivity contribution in [3.05, 3.63) is 30.3 Å². The molecular formula is C14H20NO6SSe. The van der Waals surface area contributed by atoms with Gasteiger partial charge in [-0.05, 0) is 0 Å². The van der Waals surface area contributed by atoms with Gasteiger partial charge in [0.1, 0.15) is 24.4 Å². The molecule has 23 heavy (non-hydrogen) atoms. The third kappa shape index (κ3) is 6.40. The van der Waals surface area contributed by atoms with Gasteiger partial charge in [0.2, 0.25) is 5.91 Å². The molecule has 2 rings (SSSR count). The average molecular weight is 409 g/mol. The van der Waals surface area contributed by atoms with Crippen LogP contribution in [-0.2, 0) is 9.53 Å². The third-order valence-corrected chi connectivity index (χ3v) is 4.79. The summed E-state index contributed by atoms with van der Waals surface area (Å²) in [7, 11) is 1.64. The standard InChI is InChI=1S/C8H15NO6.C6H5SSe/c1-3(11)9-5-7(13)6(12)4(2-10)15-8(5)14;8-7-6-4-2-1-3-5-6/h4-8,10,12-14H,2H2,1H3,(H,9,11);1-5H/t4-,5-,6-,7-,8-;/m1./s1. The van der Waals surface area contributed by atoms with Crippen molar-refractivity contribution in [1.29, 1.82) is 0 Å². The summed E-state index contributed by atoms with van der Waals surface area (Å²) < 4.78 is 4.81. The minimum atomic E-state index is -1.45. The zero-order chi connectivity index (χ0) is 17.4. The van der Waals surface area contributed by atoms with Gasteiger partial charge in [0.15, 0.2) is 6.29 Å². The van der Waals surface area contributed by atoms with Crippen molar-refractivity contribution in [2.24, 2.45) is 0 Å². The van der Waals surface area contributed by atoms with E-state index in [2.05, 4.69) is 32.3 Å². The SMILES string of the molecule is CC(=O)N[C@@H]1[C@@H](O)[C@H](O)[C@@H](CO)O[C@H]1O.[Se]Sc1ccccc1. The molecule has 0 spiro atoms. The summed E-state index contributed by atoms with van der Waals surface area (Å²) in [5.41, 5.74) is 0. The van der Waals surface area contributed by atoms with Gasteiger partial charge < -0.3 is 30.5 Å². The zero-order valence-electron chi connectivity index (χ0n) is 12.4. The summed E-state index contributed by atoms with van der Waals surface area (Å²) in [5.74, 6) is -0.462. The number of rotatable bonds is 3. The Morgan fingerprint density at radius 3 is 2.30 bits per heavy atom. The van der Waals surface area contributed by atoms with Crippen LogP contribution in [0.15, 0.2) is 35.2 Å². The van der Waals surface area contributed by atoms with Gasteiger partial charge in [0, 0.05) is 6.92 Å². The molecule has 1 amide bonds. The molecule has 7 nitrogen and oxygen atoms in total. The third-order valence-electron chi connectivity index (χ3n) is 3.11. The first-order chi connectivity index (χ1) is 10.9. The van der Waals surface area contributed by atoms with Gasteiger partial charge in [0.25, 0.3) is 0 Å². The molecule has 1 radical (unpaired) electrons. The molecule has 0 unspecified atom stereocenters. The van der Waals surface area contributed by atoms with Crippen molar-refractivity contribution in [2.45, 2.75) is 42.5 Å². The van der Waals surface area contributed by atoms with E-state index in [0.29, 0.717) is 0 Å². The molecule has 0 aliphatic carbocycles. The molecular weight excluding hydrogens is 389 g/mol. The van der Waals surface area contributed by atoms with Gasteiger partial charge in [-0.3, -0.25) is 4.79 Å². The summed E-state index contributed by atoms with van der Waals surface area (Å²) in [4.78, 5) is 12.0. The van der Waals surface area contributed by atoms with E-state index >= 15 is 0 Å². The van der Waals surface area contributed by atoms with Crippen molar-refractivity contribution in [3.8, 4) is 0 Å². The number of aliphatic hydroxyl groups excluding tert-OH is 4. The van der Waals surface area contributed by atoms with E-state index in [4.69, 9.17) is 9.84 Å². The number of carbonyl (C=O) groups is 1. The van der Waals surface area contributed by atoms with Gasteiger partial charge in [-0.25, -0.2) is 0 Å². The van der Waals surface area contributed by atoms with E-state index in [-0.39, 0.29) is 0 Å². The van der Waals surface area contributed by atoms with Crippen molar-refractivity contribution in [1.82, 2.24) is 5.32 Å². The second kappa shape index (κ2) is 10.3. The van der Waals surface area contributed by atoms with Gasteiger partial charge >= 0.3 is 60.3 Å². The van der Waals surface area contributed by atoms with Crippen LogP contribution in [0.5, 0.6) is 0 Å². The molecule has 1 aliphatic heterocycles. The molecule has 1 heterocycles. The van der Waals surface area contributed by atoms with E-state index in [1.54, 1.807) is 10.2 Å². The van der Waals surface area contributed by atoms with E-state index in [0.717, 1.165) is 0 Å². The predicted molar refractivity (Wildman–Crippen MR) is 85.6 cm³/mol. The van der Waals surface area contributed by atoms with Crippen LogP contribution in [-0.4, -0.2) is 78.5 Å². The summed E-state index contributed by atoms with van der Waals surface area (Å²) in [6.07, 6.45) is -5.24. The van der Waals surface area contributed by atoms with Crippen molar-refractivity contribution >= 4 is 31.0 Å². The Balaban J connectivity index is 0.000000277. The van der Waals surface area contributed by atoms with E-state index in [1.165, 1.54) is 11.8 Å². The van der Waals surface area contributed by atoms with Gasteiger partial charge in [0.05, 0.1) is 6.61 Å². The molecule has 5 N–H and O–H groups in total. The number of amides is 1. The Morgan fingerprint density at radius 1 is 1.26 bits per heavy atom. The summed E-state index contributed by atoms with van der Waals surface area (Å²) in [6, 6.07) is 9.11. The molecule has 129 valence electrons. The summed E-state index contributed by atoms with van der Waals surface area (Å²) >= 11 is 2.88. The fourth-order valence-corrected chi connectivity index (χ4v) is 2.93. The fraction of sp³-hybridized carbons (Fsp3) is 0.500. The van der Waals surface area contributed by atoms with E-state index in [1.807, 2.05) is 18.2 Å². The first-order valence-electron chi connectivity index (χ1n) is 6.83. The normalized spacial score (nSPS) is 30.1. The topological polar surface area (TPSA) is 119 Å². The minimum absolute atomic E-state index is 0.462. The number of hydrogen-bond acceptors (Lipinski definition) is 7. The Morgan fingerprint density at radius 2 is 1.87 bits per heavy atom. The molecule has 0 aromatic heterocycles. The number of aliphatic hydroxyl groups is 4. The molecule has 1 aromatic carbocycles. The van der Waals surface area contributed by atoms with Crippen LogP contribution in [0, 0.1) is 0 Å². The van der Waals surface area contributed by atoms with Crippen LogP contribution >= 0.6 is 10.2 Å². The second-order valence-electron chi connectivity index (χ2n) is 4.85. The maximum atomic E-state index is 10.7. The molecule has 0 bridgehead atoms. The van der Waals surface area contributed by atoms with Crippen LogP contribution in [0.1, 0.15) is 6.92 Å². The van der Waals surface area contributed by atoms with Crippen molar-refractivity contribution < 1.29 is 30.0 Å². The number of hydrogen-bond donors (Lipinski definition) is 5. The fourth-order valence-electron chi connectivity index (χ4n) is 1.96. The summed E-state index contributed by atoms with van der Waals surface area (Å²) in [6.45, 7) is 0.687. The molecule has 0 saturated carbocycles. The van der Waals surface area contributed by atoms with Crippen molar-refractivity contribution in [3.63, 3.8) is 0 Å². The molecule has 5 atom stereocenters. The first-order valence-corrected chi connectivity index (χ1v) is 9.67. The molecule has 9 heteroatoms. The Kier molecular flexibility index (Phi) is 9.11. The molecule has 1 aliphatic rings. The van der Waals surface area contributed by atoms with Gasteiger partial charge in [-0.2, -0.15) is 0 Å². The first kappa shape index (κ1) is 20.4. The Bertz CT molecular complexity index is 480. The molecule has 1 saturated heterocycles. The van der Waals surface area contributed by atoms with Crippen LogP contribution in [0.2, 0.25) is 0 Å². The summed E-state index contributed by atoms with van der Waals surface area (Å²) in [5, 5.41) is 39.4. The maximum absolute atomic E-state index is 10.7. The second-order valence-corrected chi connectivity index (χ2v) is 6.54. The number of nitrogens with one attached hydrogen (secondary N) is 1. The quantitative estimate of drug-likeness (QED) is 0.397. The zero-order valence-corrected chi connectivity index (χ0v) is 14.9. The predicted octanol–water partition coefficient (Wildman–Crippen LogP) is -1.22. The number of ether oxygens (including phenoxy) is 1. The van der Waals surface area contributed by atoms with E-state index < -0.39 is 43.2 Å². The average Bonchev–Trinajstić information content (AvgIpc) is 2.56. The monoisotopic (exact) mass is 410 g/mol. The van der Waals surface area contributed by atoms with Crippen LogP contribution in [0.4, 0.5) is 0 Å². The number of benzene rings is 1. The van der Waals surface area contributed by atoms with Crippen LogP contribution < -0.4 is 5.32 Å². The van der Waals surface area contributed by atoms with Crippen LogP contribution in [0.3, 0.4) is 0 Å². The van der Waals surface area contributed by atoms with Gasteiger partial charge in [-0.1, -0.05) is 0 Å². The van der Waals surface area contributed by atoms with Gasteiger partial charge in [-0.15, -0.1) is 0 Å². The number of carbonyl (C=O) groups excluding carboxylic acids is 1. The molecule has 1 fully saturated rings. The van der Waals surface area contributed by atoms with E-state index in [9.17, 15) is 20.1 Å². The Labute approximate surface area is 145 Å². The van der Waals surface area contributed by atoms with Crippen LogP contribution in [0.25, 0.3) is 0 Å². The van der Waals surface area contributed by atoms with Crippen molar-refractivity contribution in [2.75, 3.05) is 6.61 Å².